The van der Waals surface area contributed by atoms with E-state index < -0.39 is 23.5 Å². The lowest BCUT2D eigenvalue weighted by Gasteiger charge is -2.45. The molecule has 2 aromatic heterocycles. The van der Waals surface area contributed by atoms with Gasteiger partial charge < -0.3 is 30.6 Å². The number of hydrogen-bond acceptors (Lipinski definition) is 12. The van der Waals surface area contributed by atoms with Crippen LogP contribution in [0.3, 0.4) is 0 Å². The molecule has 5 heterocycles. The van der Waals surface area contributed by atoms with Gasteiger partial charge in [0.2, 0.25) is 11.8 Å². The molecule has 284 valence electrons. The van der Waals surface area contributed by atoms with Crippen LogP contribution < -0.4 is 15.5 Å². The first-order valence-corrected chi connectivity index (χ1v) is 19.4. The highest BCUT2D eigenvalue weighted by molar-refractivity contribution is 7.10. The molecule has 0 saturated carbocycles. The number of thiazole rings is 1. The molecule has 4 aromatic rings. The Morgan fingerprint density at radius 3 is 2.56 bits per heavy atom. The van der Waals surface area contributed by atoms with E-state index in [2.05, 4.69) is 35.6 Å². The summed E-state index contributed by atoms with van der Waals surface area (Å²) in [5.41, 5.74) is 6.25. The third-order valence-corrected chi connectivity index (χ3v) is 11.6. The Bertz CT molecular complexity index is 2010. The van der Waals surface area contributed by atoms with Gasteiger partial charge in [-0.15, -0.1) is 21.5 Å². The van der Waals surface area contributed by atoms with Crippen LogP contribution >= 0.6 is 11.3 Å². The minimum atomic E-state index is -0.826. The monoisotopic (exact) mass is 752 g/mol. The number of para-hydroxylation sites is 1. The second kappa shape index (κ2) is 15.4. The van der Waals surface area contributed by atoms with Gasteiger partial charge in [-0.2, -0.15) is 0 Å². The maximum atomic E-state index is 14.2. The Kier molecular flexibility index (Phi) is 10.7. The van der Waals surface area contributed by atoms with E-state index in [1.54, 1.807) is 23.5 Å². The van der Waals surface area contributed by atoms with Crippen LogP contribution in [0.5, 0.6) is 5.75 Å². The molecule has 13 nitrogen and oxygen atoms in total. The average Bonchev–Trinajstić information content (AvgIpc) is 3.77. The molecule has 0 bridgehead atoms. The number of aromatic hydroxyl groups is 1. The Labute approximate surface area is 319 Å². The van der Waals surface area contributed by atoms with Crippen LogP contribution in [0.25, 0.3) is 22.5 Å². The molecule has 4 atom stereocenters. The number of carbonyl (C=O) groups is 3. The summed E-state index contributed by atoms with van der Waals surface area (Å²) >= 11 is 1.60. The van der Waals surface area contributed by atoms with Crippen molar-refractivity contribution in [3.8, 4) is 28.3 Å². The molecule has 2 saturated heterocycles. The minimum absolute atomic E-state index is 0.0364. The number of ketones is 1. The number of Topliss-reactive ketones (excluding diaryl/α,β-unsaturated/α-hetero) is 1. The van der Waals surface area contributed by atoms with Crippen LogP contribution in [-0.2, 0) is 20.9 Å². The Hall–Kier alpha value is -4.92. The van der Waals surface area contributed by atoms with Crippen LogP contribution in [0.4, 0.5) is 11.5 Å². The summed E-state index contributed by atoms with van der Waals surface area (Å²) in [7, 11) is 0. The number of fused-ring (bicyclic) bond motifs is 3. The Morgan fingerprint density at radius 1 is 1.06 bits per heavy atom. The Morgan fingerprint density at radius 2 is 1.83 bits per heavy atom. The summed E-state index contributed by atoms with van der Waals surface area (Å²) in [6.45, 7) is 11.0. The third-order valence-electron chi connectivity index (χ3n) is 10.8. The largest absolute Gasteiger partial charge is 0.507 e. The van der Waals surface area contributed by atoms with E-state index in [-0.39, 0.29) is 61.9 Å². The quantitative estimate of drug-likeness (QED) is 0.185. The molecule has 2 aromatic carbocycles. The van der Waals surface area contributed by atoms with Crippen LogP contribution in [0, 0.1) is 18.3 Å². The number of aliphatic hydroxyl groups is 1. The number of carbonyl (C=O) groups excluding carboxylic acids is 3. The number of aryl methyl sites for hydroxylation is 1. The molecule has 0 spiro atoms. The van der Waals surface area contributed by atoms with Crippen molar-refractivity contribution in [2.24, 2.45) is 11.3 Å². The first-order chi connectivity index (χ1) is 25.9. The summed E-state index contributed by atoms with van der Waals surface area (Å²) < 4.78 is 0. The zero-order valence-electron chi connectivity index (χ0n) is 31.2. The van der Waals surface area contributed by atoms with Crippen molar-refractivity contribution in [2.75, 3.05) is 49.5 Å². The van der Waals surface area contributed by atoms with Crippen molar-refractivity contribution in [1.29, 1.82) is 0 Å². The molecule has 3 aliphatic heterocycles. The number of piperazine rings is 1. The SMILES string of the molecule is Cc1scnc1-c1ccc(CNC(=O)[C@@H]2C[C@@H](O)CN2C(=O)[C@@H](CC(=O)CN2CCN3c4cc(-c5ccccc5O)nnc4NCC3C2)C(C)(C)C)cc1. The number of likely N-dealkylation sites (tertiary alicyclic amines) is 1. The van der Waals surface area contributed by atoms with E-state index >= 15 is 0 Å². The summed E-state index contributed by atoms with van der Waals surface area (Å²) in [4.78, 5) is 52.9. The van der Waals surface area contributed by atoms with E-state index in [9.17, 15) is 24.6 Å². The fraction of sp³-hybridized carbons (Fsp3) is 0.450. The zero-order chi connectivity index (χ0) is 38.1. The zero-order valence-corrected chi connectivity index (χ0v) is 32.0. The third kappa shape index (κ3) is 7.96. The molecule has 14 heteroatoms. The maximum absolute atomic E-state index is 14.2. The topological polar surface area (TPSA) is 164 Å². The molecular weight excluding hydrogens is 705 g/mol. The molecule has 1 unspecified atom stereocenters. The molecule has 7 rings (SSSR count). The number of phenols is 1. The van der Waals surface area contributed by atoms with Crippen LogP contribution in [0.15, 0.2) is 60.1 Å². The molecule has 4 N–H and O–H groups in total. The second-order valence-corrected chi connectivity index (χ2v) is 16.7. The van der Waals surface area contributed by atoms with Gasteiger partial charge in [-0.05, 0) is 36.1 Å². The van der Waals surface area contributed by atoms with Crippen molar-refractivity contribution in [2.45, 2.75) is 65.3 Å². The fourth-order valence-corrected chi connectivity index (χ4v) is 8.40. The maximum Gasteiger partial charge on any atom is 0.243 e. The number of β-amino-alcohol motifs (C(OH)–C–C–N with tert-alkyl or cyclic N) is 1. The summed E-state index contributed by atoms with van der Waals surface area (Å²) in [5.74, 6) is -0.472. The van der Waals surface area contributed by atoms with Gasteiger partial charge in [0.05, 0.1) is 41.3 Å². The van der Waals surface area contributed by atoms with Gasteiger partial charge in [-0.3, -0.25) is 19.3 Å². The van der Waals surface area contributed by atoms with Gasteiger partial charge in [0, 0.05) is 74.0 Å². The number of anilines is 2. The number of amides is 2. The molecular formula is C40H48N8O5S. The van der Waals surface area contributed by atoms with Gasteiger partial charge in [-0.1, -0.05) is 57.2 Å². The molecule has 2 fully saturated rings. The number of aliphatic hydroxyl groups excluding tert-OH is 1. The van der Waals surface area contributed by atoms with Gasteiger partial charge in [0.15, 0.2) is 5.82 Å². The lowest BCUT2D eigenvalue weighted by atomic mass is 9.76. The van der Waals surface area contributed by atoms with Gasteiger partial charge in [0.1, 0.15) is 17.6 Å². The lowest BCUT2D eigenvalue weighted by molar-refractivity contribution is -0.146. The highest BCUT2D eigenvalue weighted by Gasteiger charge is 2.44. The van der Waals surface area contributed by atoms with Crippen LogP contribution in [-0.4, -0.2) is 110 Å². The number of phenolic OH excluding ortho intramolecular Hbond substituents is 1. The van der Waals surface area contributed by atoms with E-state index in [1.807, 2.05) is 75.7 Å². The first-order valence-electron chi connectivity index (χ1n) is 18.5. The summed E-state index contributed by atoms with van der Waals surface area (Å²) in [5, 5.41) is 36.1. The number of hydrogen-bond donors (Lipinski definition) is 4. The number of aromatic nitrogens is 3. The smallest absolute Gasteiger partial charge is 0.243 e. The van der Waals surface area contributed by atoms with Crippen LogP contribution in [0.1, 0.15) is 44.1 Å². The van der Waals surface area contributed by atoms with E-state index in [1.165, 1.54) is 4.90 Å². The summed E-state index contributed by atoms with van der Waals surface area (Å²) in [6, 6.07) is 16.1. The summed E-state index contributed by atoms with van der Waals surface area (Å²) in [6.07, 6.45) is -0.639. The fourth-order valence-electron chi connectivity index (χ4n) is 7.80. The van der Waals surface area contributed by atoms with Crippen molar-refractivity contribution in [3.63, 3.8) is 0 Å². The molecule has 54 heavy (non-hydrogen) atoms. The molecule has 2 amide bonds. The first kappa shape index (κ1) is 37.4. The predicted molar refractivity (Wildman–Crippen MR) is 208 cm³/mol. The van der Waals surface area contributed by atoms with Gasteiger partial charge in [0.25, 0.3) is 0 Å². The van der Waals surface area contributed by atoms with Crippen molar-refractivity contribution in [1.82, 2.24) is 30.3 Å². The second-order valence-electron chi connectivity index (χ2n) is 15.7. The number of nitrogens with zero attached hydrogens (tertiary/aromatic N) is 6. The van der Waals surface area contributed by atoms with Gasteiger partial charge >= 0.3 is 0 Å². The molecule has 0 aliphatic carbocycles. The minimum Gasteiger partial charge on any atom is -0.507 e. The average molecular weight is 753 g/mol. The van der Waals surface area contributed by atoms with Crippen molar-refractivity contribution < 1.29 is 24.6 Å². The molecule has 0 radical (unpaired) electrons. The van der Waals surface area contributed by atoms with Gasteiger partial charge in [-0.25, -0.2) is 4.98 Å². The number of rotatable bonds is 10. The van der Waals surface area contributed by atoms with Crippen molar-refractivity contribution >= 4 is 40.4 Å². The van der Waals surface area contributed by atoms with Crippen LogP contribution in [0.2, 0.25) is 0 Å². The predicted octanol–water partition coefficient (Wildman–Crippen LogP) is 4.10. The van der Waals surface area contributed by atoms with E-state index in [4.69, 9.17) is 0 Å². The Balaban J connectivity index is 0.961. The lowest BCUT2D eigenvalue weighted by Crippen LogP contribution is -2.58. The normalized spacial score (nSPS) is 20.5. The number of nitrogens with one attached hydrogen (secondary N) is 2. The number of benzene rings is 2. The van der Waals surface area contributed by atoms with E-state index in [0.29, 0.717) is 43.3 Å². The highest BCUT2D eigenvalue weighted by atomic mass is 32.1. The standard InChI is InChI=1S/C40H48N8O5S/c1-24-36(43-23-54-24)26-11-9-25(10-12-26)18-42-38(52)34-16-29(50)22-48(34)39(53)31(40(2,3)4)15-28(49)21-46-13-14-47-27(20-46)19-41-37-33(47)17-32(44-45-37)30-7-5-6-8-35(30)51/h5-12,17,23,27,29,31,34,50-51H,13-16,18-22H2,1-4H3,(H,41,45)(H,42,52)/t27?,29-,31-,34+/m1/s1. The highest BCUT2D eigenvalue weighted by Crippen LogP contribution is 2.37. The molecule has 3 aliphatic rings. The van der Waals surface area contributed by atoms with E-state index in [0.717, 1.165) is 27.4 Å². The van der Waals surface area contributed by atoms with Crippen molar-refractivity contribution in [3.05, 3.63) is 70.5 Å².